The van der Waals surface area contributed by atoms with E-state index in [2.05, 4.69) is 12.2 Å². The van der Waals surface area contributed by atoms with Crippen molar-refractivity contribution in [3.05, 3.63) is 0 Å². The van der Waals surface area contributed by atoms with Gasteiger partial charge in [-0.3, -0.25) is 4.79 Å². The molecule has 3 saturated carbocycles. The Balaban J connectivity index is 1.47. The molecule has 126 valence electrons. The van der Waals surface area contributed by atoms with Crippen molar-refractivity contribution < 1.29 is 9.53 Å². The number of ether oxygens (including phenoxy) is 1. The second-order valence-corrected chi connectivity index (χ2v) is 7.89. The largest absolute Gasteiger partial charge is 0.368 e. The average molecular weight is 308 g/mol. The Morgan fingerprint density at radius 1 is 1.09 bits per heavy atom. The number of hydrogen-bond acceptors (Lipinski definition) is 3. The Kier molecular flexibility index (Phi) is 5.40. The zero-order valence-corrected chi connectivity index (χ0v) is 13.9. The van der Waals surface area contributed by atoms with Crippen molar-refractivity contribution in [1.82, 2.24) is 5.32 Å². The lowest BCUT2D eigenvalue weighted by Gasteiger charge is -2.45. The predicted molar refractivity (Wildman–Crippen MR) is 87.3 cm³/mol. The lowest BCUT2D eigenvalue weighted by Crippen LogP contribution is -2.54. The molecule has 4 nitrogen and oxygen atoms in total. The first kappa shape index (κ1) is 16.3. The summed E-state index contributed by atoms with van der Waals surface area (Å²) >= 11 is 0. The number of nitrogens with one attached hydrogen (secondary N) is 1. The molecule has 0 aromatic carbocycles. The smallest absolute Gasteiger partial charge is 0.246 e. The Bertz CT molecular complexity index is 373. The number of nitrogens with two attached hydrogens (primary N) is 1. The summed E-state index contributed by atoms with van der Waals surface area (Å²) < 4.78 is 5.91. The number of carbonyl (C=O) groups is 1. The van der Waals surface area contributed by atoms with Crippen LogP contribution in [0.15, 0.2) is 0 Å². The fraction of sp³-hybridized carbons (Fsp3) is 0.944. The van der Waals surface area contributed by atoms with Crippen LogP contribution in [0, 0.1) is 17.8 Å². The topological polar surface area (TPSA) is 64.3 Å². The van der Waals surface area contributed by atoms with Gasteiger partial charge in [0, 0.05) is 12.1 Å². The highest BCUT2D eigenvalue weighted by atomic mass is 16.5. The Morgan fingerprint density at radius 3 is 2.45 bits per heavy atom. The van der Waals surface area contributed by atoms with Gasteiger partial charge in [-0.15, -0.1) is 0 Å². The van der Waals surface area contributed by atoms with Gasteiger partial charge in [-0.2, -0.15) is 0 Å². The van der Waals surface area contributed by atoms with Gasteiger partial charge < -0.3 is 15.8 Å². The summed E-state index contributed by atoms with van der Waals surface area (Å²) in [4.78, 5) is 12.3. The van der Waals surface area contributed by atoms with E-state index in [0.717, 1.165) is 19.3 Å². The van der Waals surface area contributed by atoms with Crippen LogP contribution in [0.1, 0.15) is 64.7 Å². The van der Waals surface area contributed by atoms with Gasteiger partial charge in [0.1, 0.15) is 6.61 Å². The third-order valence-electron chi connectivity index (χ3n) is 6.17. The van der Waals surface area contributed by atoms with Crippen LogP contribution in [-0.2, 0) is 9.53 Å². The molecule has 0 aromatic rings. The van der Waals surface area contributed by atoms with Crippen molar-refractivity contribution in [2.75, 3.05) is 6.61 Å². The lowest BCUT2D eigenvalue weighted by atomic mass is 9.67. The standard InChI is InChI=1S/C18H32N2O2/c1-12-5-2-3-8-16(12)22-11-17(21)20-18-13-6-4-7-14(18)10-15(19)9-13/h12-16,18H,2-11,19H2,1H3,(H,20,21). The highest BCUT2D eigenvalue weighted by Gasteiger charge is 2.39. The molecule has 3 N–H and O–H groups in total. The molecule has 0 aromatic heterocycles. The van der Waals surface area contributed by atoms with E-state index >= 15 is 0 Å². The molecule has 0 saturated heterocycles. The summed E-state index contributed by atoms with van der Waals surface area (Å²) in [5.74, 6) is 1.84. The first-order valence-electron chi connectivity index (χ1n) is 9.30. The summed E-state index contributed by atoms with van der Waals surface area (Å²) in [6, 6.07) is 0.677. The third-order valence-corrected chi connectivity index (χ3v) is 6.17. The van der Waals surface area contributed by atoms with Crippen LogP contribution in [0.5, 0.6) is 0 Å². The minimum Gasteiger partial charge on any atom is -0.368 e. The summed E-state index contributed by atoms with van der Waals surface area (Å²) in [7, 11) is 0. The van der Waals surface area contributed by atoms with Crippen molar-refractivity contribution in [1.29, 1.82) is 0 Å². The minimum atomic E-state index is 0.0788. The van der Waals surface area contributed by atoms with Crippen molar-refractivity contribution in [3.8, 4) is 0 Å². The molecule has 3 rings (SSSR count). The van der Waals surface area contributed by atoms with E-state index in [1.165, 1.54) is 38.5 Å². The maximum atomic E-state index is 12.3. The highest BCUT2D eigenvalue weighted by Crippen LogP contribution is 2.39. The van der Waals surface area contributed by atoms with Crippen LogP contribution in [0.3, 0.4) is 0 Å². The van der Waals surface area contributed by atoms with Gasteiger partial charge in [0.25, 0.3) is 0 Å². The second-order valence-electron chi connectivity index (χ2n) is 7.89. The molecule has 3 fully saturated rings. The van der Waals surface area contributed by atoms with Gasteiger partial charge in [0.05, 0.1) is 6.10 Å². The van der Waals surface area contributed by atoms with Crippen molar-refractivity contribution in [2.24, 2.45) is 23.5 Å². The number of fused-ring (bicyclic) bond motifs is 2. The molecule has 1 amide bonds. The van der Waals surface area contributed by atoms with Crippen LogP contribution < -0.4 is 11.1 Å². The Hall–Kier alpha value is -0.610. The lowest BCUT2D eigenvalue weighted by molar-refractivity contribution is -0.132. The maximum Gasteiger partial charge on any atom is 0.246 e. The molecule has 3 aliphatic rings. The highest BCUT2D eigenvalue weighted by molar-refractivity contribution is 5.77. The van der Waals surface area contributed by atoms with Gasteiger partial charge in [-0.25, -0.2) is 0 Å². The van der Waals surface area contributed by atoms with E-state index < -0.39 is 0 Å². The molecule has 4 unspecified atom stereocenters. The fourth-order valence-corrected chi connectivity index (χ4v) is 4.96. The number of carbonyl (C=O) groups excluding carboxylic acids is 1. The number of rotatable bonds is 4. The van der Waals surface area contributed by atoms with Gasteiger partial charge in [-0.05, 0) is 56.3 Å². The minimum absolute atomic E-state index is 0.0788. The van der Waals surface area contributed by atoms with Crippen molar-refractivity contribution >= 4 is 5.91 Å². The molecular weight excluding hydrogens is 276 g/mol. The fourth-order valence-electron chi connectivity index (χ4n) is 4.96. The molecule has 22 heavy (non-hydrogen) atoms. The van der Waals surface area contributed by atoms with Crippen LogP contribution in [0.25, 0.3) is 0 Å². The number of hydrogen-bond donors (Lipinski definition) is 2. The van der Waals surface area contributed by atoms with Crippen LogP contribution in [0.2, 0.25) is 0 Å². The molecule has 4 atom stereocenters. The summed E-state index contributed by atoms with van der Waals surface area (Å²) in [6.45, 7) is 2.48. The van der Waals surface area contributed by atoms with E-state index in [9.17, 15) is 4.79 Å². The average Bonchev–Trinajstić information content (AvgIpc) is 2.47. The van der Waals surface area contributed by atoms with Gasteiger partial charge in [0.2, 0.25) is 5.91 Å². The van der Waals surface area contributed by atoms with Crippen LogP contribution in [0.4, 0.5) is 0 Å². The summed E-state index contributed by atoms with van der Waals surface area (Å²) in [5, 5.41) is 3.28. The zero-order chi connectivity index (χ0) is 15.5. The molecular formula is C18H32N2O2. The van der Waals surface area contributed by atoms with E-state index in [1.54, 1.807) is 0 Å². The SMILES string of the molecule is CC1CCCCC1OCC(=O)NC1C2CCCC1CC(N)C2. The molecule has 2 bridgehead atoms. The monoisotopic (exact) mass is 308 g/mol. The van der Waals surface area contributed by atoms with Gasteiger partial charge in [-0.1, -0.05) is 26.2 Å². The molecule has 0 aliphatic heterocycles. The van der Waals surface area contributed by atoms with Crippen LogP contribution in [-0.4, -0.2) is 30.7 Å². The second kappa shape index (κ2) is 7.31. The van der Waals surface area contributed by atoms with Gasteiger partial charge >= 0.3 is 0 Å². The Labute approximate surface area is 134 Å². The predicted octanol–water partition coefficient (Wildman–Crippen LogP) is 2.60. The summed E-state index contributed by atoms with van der Waals surface area (Å²) in [6.07, 6.45) is 11.0. The molecule has 0 heterocycles. The first-order chi connectivity index (χ1) is 10.6. The van der Waals surface area contributed by atoms with E-state index in [0.29, 0.717) is 29.8 Å². The van der Waals surface area contributed by atoms with Crippen molar-refractivity contribution in [2.45, 2.75) is 82.9 Å². The molecule has 0 radical (unpaired) electrons. The van der Waals surface area contributed by atoms with E-state index in [1.807, 2.05) is 0 Å². The van der Waals surface area contributed by atoms with Gasteiger partial charge in [0.15, 0.2) is 0 Å². The van der Waals surface area contributed by atoms with E-state index in [4.69, 9.17) is 10.5 Å². The molecule has 3 aliphatic carbocycles. The Morgan fingerprint density at radius 2 is 1.77 bits per heavy atom. The maximum absolute atomic E-state index is 12.3. The molecule has 4 heteroatoms. The third kappa shape index (κ3) is 3.83. The van der Waals surface area contributed by atoms with Crippen molar-refractivity contribution in [3.63, 3.8) is 0 Å². The zero-order valence-electron chi connectivity index (χ0n) is 13.9. The normalized spacial score (nSPS) is 41.9. The summed E-state index contributed by atoms with van der Waals surface area (Å²) in [5.41, 5.74) is 6.15. The molecule has 0 spiro atoms. The quantitative estimate of drug-likeness (QED) is 0.839. The first-order valence-corrected chi connectivity index (χ1v) is 9.30. The van der Waals surface area contributed by atoms with E-state index in [-0.39, 0.29) is 18.6 Å². The van der Waals surface area contributed by atoms with Crippen LogP contribution >= 0.6 is 0 Å². The number of amides is 1.